The summed E-state index contributed by atoms with van der Waals surface area (Å²) in [5, 5.41) is 70.1. The van der Waals surface area contributed by atoms with Crippen molar-refractivity contribution >= 4 is 0 Å². The molecule has 0 bridgehead atoms. The van der Waals surface area contributed by atoms with Gasteiger partial charge in [-0.05, 0) is 6.42 Å². The van der Waals surface area contributed by atoms with Gasteiger partial charge in [-0.15, -0.1) is 0 Å². The lowest BCUT2D eigenvalue weighted by Gasteiger charge is -2.45. The summed E-state index contributed by atoms with van der Waals surface area (Å²) in [6.07, 6.45) is -5.02. The molecule has 12 heteroatoms. The molecule has 2 rings (SSSR count). The predicted octanol–water partition coefficient (Wildman–Crippen LogP) is -1.22. The van der Waals surface area contributed by atoms with Crippen LogP contribution in [-0.2, 0) is 23.7 Å². The third-order valence-electron chi connectivity index (χ3n) is 6.61. The lowest BCUT2D eigenvalue weighted by atomic mass is 9.97. The molecule has 0 spiro atoms. The van der Waals surface area contributed by atoms with E-state index in [9.17, 15) is 35.7 Å². The van der Waals surface area contributed by atoms with Gasteiger partial charge in [-0.3, -0.25) is 0 Å². The molecule has 2 aliphatic rings. The van der Waals surface area contributed by atoms with E-state index < -0.39 is 74.6 Å². The minimum absolute atomic E-state index is 0.0991. The second kappa shape index (κ2) is 17.2. The normalized spacial score (nSPS) is 37.3. The Balaban J connectivity index is 1.71. The molecule has 214 valence electrons. The second-order valence-corrected chi connectivity index (χ2v) is 9.46. The summed E-state index contributed by atoms with van der Waals surface area (Å²) in [5.41, 5.74) is 0. The van der Waals surface area contributed by atoms with Crippen molar-refractivity contribution in [3.63, 3.8) is 0 Å². The monoisotopic (exact) mass is 526 g/mol. The molecule has 0 aromatic carbocycles. The van der Waals surface area contributed by atoms with Crippen LogP contribution in [0.5, 0.6) is 0 Å². The molecule has 12 nitrogen and oxygen atoms in total. The van der Waals surface area contributed by atoms with Gasteiger partial charge in [0.05, 0.1) is 26.4 Å². The van der Waals surface area contributed by atoms with Crippen molar-refractivity contribution in [3.05, 3.63) is 0 Å². The van der Waals surface area contributed by atoms with Crippen LogP contribution in [0, 0.1) is 0 Å². The van der Waals surface area contributed by atoms with Crippen LogP contribution in [0.15, 0.2) is 0 Å². The van der Waals surface area contributed by atoms with Crippen LogP contribution in [0.2, 0.25) is 0 Å². The highest BCUT2D eigenvalue weighted by atomic mass is 16.7. The molecule has 7 N–H and O–H groups in total. The molecule has 2 fully saturated rings. The van der Waals surface area contributed by atoms with Gasteiger partial charge in [0.15, 0.2) is 12.6 Å². The number of unbranched alkanes of at least 4 members (excludes halogenated alkanes) is 7. The van der Waals surface area contributed by atoms with Crippen LogP contribution in [0.25, 0.3) is 0 Å². The summed E-state index contributed by atoms with van der Waals surface area (Å²) in [4.78, 5) is 0. The van der Waals surface area contributed by atoms with E-state index >= 15 is 0 Å². The van der Waals surface area contributed by atoms with Crippen molar-refractivity contribution in [2.24, 2.45) is 0 Å². The first-order valence-electron chi connectivity index (χ1n) is 13.1. The summed E-state index contributed by atoms with van der Waals surface area (Å²) in [7, 11) is 0. The molecule has 0 aromatic heterocycles. The van der Waals surface area contributed by atoms with E-state index in [-0.39, 0.29) is 13.2 Å². The van der Waals surface area contributed by atoms with Gasteiger partial charge in [0.1, 0.15) is 48.8 Å². The molecule has 10 atom stereocenters. The fourth-order valence-corrected chi connectivity index (χ4v) is 4.36. The molecular weight excluding hydrogens is 480 g/mol. The lowest BCUT2D eigenvalue weighted by molar-refractivity contribution is -0.359. The first-order valence-corrected chi connectivity index (χ1v) is 13.1. The van der Waals surface area contributed by atoms with Crippen LogP contribution in [0.1, 0.15) is 58.3 Å². The summed E-state index contributed by atoms with van der Waals surface area (Å²) in [6, 6.07) is 0. The Morgan fingerprint density at radius 3 is 1.81 bits per heavy atom. The second-order valence-electron chi connectivity index (χ2n) is 9.46. The maximum Gasteiger partial charge on any atom is 0.187 e. The quantitative estimate of drug-likeness (QED) is 0.112. The summed E-state index contributed by atoms with van der Waals surface area (Å²) in [6.45, 7) is 1.91. The van der Waals surface area contributed by atoms with Gasteiger partial charge in [-0.2, -0.15) is 0 Å². The minimum Gasteiger partial charge on any atom is -0.394 e. The molecule has 0 saturated carbocycles. The zero-order valence-corrected chi connectivity index (χ0v) is 21.1. The smallest absolute Gasteiger partial charge is 0.187 e. The number of hydrogen-bond donors (Lipinski definition) is 7. The SMILES string of the molecule is CCCCCCCCCCOCCOC1OC(CO)[C@H](OC2OC(CO)[C@H](O)C(O)[C@H]2O)C(O)[C@H]1O. The van der Waals surface area contributed by atoms with Crippen molar-refractivity contribution in [3.8, 4) is 0 Å². The highest BCUT2D eigenvalue weighted by Gasteiger charge is 2.50. The van der Waals surface area contributed by atoms with Gasteiger partial charge in [0.2, 0.25) is 0 Å². The summed E-state index contributed by atoms with van der Waals surface area (Å²) >= 11 is 0. The number of ether oxygens (including phenoxy) is 5. The van der Waals surface area contributed by atoms with Crippen molar-refractivity contribution < 1.29 is 59.4 Å². The van der Waals surface area contributed by atoms with E-state index in [1.54, 1.807) is 0 Å². The van der Waals surface area contributed by atoms with E-state index in [4.69, 9.17) is 23.7 Å². The molecule has 2 heterocycles. The Hall–Kier alpha value is -0.480. The average molecular weight is 527 g/mol. The largest absolute Gasteiger partial charge is 0.394 e. The Morgan fingerprint density at radius 2 is 1.17 bits per heavy atom. The third kappa shape index (κ3) is 9.37. The fourth-order valence-electron chi connectivity index (χ4n) is 4.36. The lowest BCUT2D eigenvalue weighted by Crippen LogP contribution is -2.64. The van der Waals surface area contributed by atoms with Crippen LogP contribution in [0.4, 0.5) is 0 Å². The van der Waals surface area contributed by atoms with Gasteiger partial charge >= 0.3 is 0 Å². The van der Waals surface area contributed by atoms with Gasteiger partial charge in [0.25, 0.3) is 0 Å². The molecule has 0 aliphatic carbocycles. The molecule has 2 aliphatic heterocycles. The zero-order valence-electron chi connectivity index (χ0n) is 21.1. The van der Waals surface area contributed by atoms with Crippen molar-refractivity contribution in [2.75, 3.05) is 33.0 Å². The van der Waals surface area contributed by atoms with E-state index in [0.717, 1.165) is 12.8 Å². The van der Waals surface area contributed by atoms with Gasteiger partial charge < -0.3 is 59.4 Å². The summed E-state index contributed by atoms with van der Waals surface area (Å²) in [5.74, 6) is 0. The molecule has 0 aromatic rings. The number of aliphatic hydroxyl groups is 7. The van der Waals surface area contributed by atoms with Crippen LogP contribution >= 0.6 is 0 Å². The Bertz CT molecular complexity index is 565. The van der Waals surface area contributed by atoms with Gasteiger partial charge in [-0.1, -0.05) is 51.9 Å². The highest BCUT2D eigenvalue weighted by molar-refractivity contribution is 4.94. The number of aliphatic hydroxyl groups excluding tert-OH is 7. The Kier molecular flexibility index (Phi) is 15.1. The Labute approximate surface area is 212 Å². The molecule has 36 heavy (non-hydrogen) atoms. The third-order valence-corrected chi connectivity index (χ3v) is 6.61. The molecule has 0 amide bonds. The first kappa shape index (κ1) is 31.7. The van der Waals surface area contributed by atoms with Crippen molar-refractivity contribution in [2.45, 2.75) is 120 Å². The maximum absolute atomic E-state index is 10.6. The van der Waals surface area contributed by atoms with E-state index in [1.165, 1.54) is 38.5 Å². The first-order chi connectivity index (χ1) is 17.3. The van der Waals surface area contributed by atoms with Gasteiger partial charge in [-0.25, -0.2) is 0 Å². The maximum atomic E-state index is 10.6. The van der Waals surface area contributed by atoms with Crippen molar-refractivity contribution in [1.29, 1.82) is 0 Å². The molecular formula is C24H46O12. The molecule has 6 unspecified atom stereocenters. The van der Waals surface area contributed by atoms with E-state index in [0.29, 0.717) is 6.61 Å². The van der Waals surface area contributed by atoms with E-state index in [2.05, 4.69) is 6.92 Å². The number of rotatable bonds is 17. The number of hydrogen-bond acceptors (Lipinski definition) is 12. The Morgan fingerprint density at radius 1 is 0.583 bits per heavy atom. The highest BCUT2D eigenvalue weighted by Crippen LogP contribution is 2.29. The van der Waals surface area contributed by atoms with Crippen LogP contribution in [0.3, 0.4) is 0 Å². The molecule has 0 radical (unpaired) electrons. The minimum atomic E-state index is -1.71. The van der Waals surface area contributed by atoms with Crippen molar-refractivity contribution in [1.82, 2.24) is 0 Å². The van der Waals surface area contributed by atoms with Crippen LogP contribution < -0.4 is 0 Å². The van der Waals surface area contributed by atoms with Crippen LogP contribution in [-0.4, -0.2) is 130 Å². The fraction of sp³-hybridized carbons (Fsp3) is 1.00. The predicted molar refractivity (Wildman–Crippen MR) is 126 cm³/mol. The van der Waals surface area contributed by atoms with Gasteiger partial charge in [0, 0.05) is 6.61 Å². The van der Waals surface area contributed by atoms with E-state index in [1.807, 2.05) is 0 Å². The molecule has 2 saturated heterocycles. The zero-order chi connectivity index (χ0) is 26.5. The standard InChI is InChI=1S/C24H46O12/c1-2-3-4-5-6-7-8-9-10-32-11-12-33-23-21(31)19(29)22(16(14-26)35-23)36-24-20(30)18(28)17(27)15(13-25)34-24/h15-31H,2-14H2,1H3/t15?,16?,17-,18?,19?,20+,21+,22-,23?,24?/m0/s1. The average Bonchev–Trinajstić information content (AvgIpc) is 2.88. The topological polar surface area (TPSA) is 188 Å². The summed E-state index contributed by atoms with van der Waals surface area (Å²) < 4.78 is 27.4.